The minimum Gasteiger partial charge on any atom is -0.481 e. The number of rotatable bonds is 8. The normalized spacial score (nSPS) is 11.3. The fourth-order valence-corrected chi connectivity index (χ4v) is 4.63. The van der Waals surface area contributed by atoms with Crippen molar-refractivity contribution < 1.29 is 27.1 Å². The Morgan fingerprint density at radius 2 is 1.77 bits per heavy atom. The second-order valence-corrected chi connectivity index (χ2v) is 9.86. The summed E-state index contributed by atoms with van der Waals surface area (Å²) >= 11 is 0. The summed E-state index contributed by atoms with van der Waals surface area (Å²) in [4.78, 5) is 28.0. The molecule has 8 nitrogen and oxygen atoms in total. The summed E-state index contributed by atoms with van der Waals surface area (Å²) in [6, 6.07) is 11.4. The van der Waals surface area contributed by atoms with Crippen LogP contribution in [0, 0.1) is 5.82 Å². The van der Waals surface area contributed by atoms with Gasteiger partial charge in [-0.05, 0) is 70.6 Å². The monoisotopic (exact) mass is 499 g/mol. The maximum absolute atomic E-state index is 14.5. The number of amides is 2. The van der Waals surface area contributed by atoms with Crippen LogP contribution in [0.5, 0.6) is 5.88 Å². The van der Waals surface area contributed by atoms with Gasteiger partial charge in [0.1, 0.15) is 5.82 Å². The fourth-order valence-electron chi connectivity index (χ4n) is 3.64. The number of nitrogens with zero attached hydrogens (tertiary/aromatic N) is 1. The van der Waals surface area contributed by atoms with E-state index in [1.165, 1.54) is 56.6 Å². The lowest BCUT2D eigenvalue weighted by Gasteiger charge is -2.18. The molecule has 0 spiro atoms. The van der Waals surface area contributed by atoms with E-state index >= 15 is 0 Å². The minimum atomic E-state index is -4.17. The Morgan fingerprint density at radius 3 is 2.37 bits per heavy atom. The van der Waals surface area contributed by atoms with Gasteiger partial charge in [-0.25, -0.2) is 22.5 Å². The van der Waals surface area contributed by atoms with Crippen LogP contribution in [-0.4, -0.2) is 32.3 Å². The van der Waals surface area contributed by atoms with Gasteiger partial charge in [0.25, 0.3) is 10.0 Å². The first-order valence-electron chi connectivity index (χ1n) is 10.8. The molecule has 0 aliphatic heterocycles. The number of carbonyl (C=O) groups is 2. The maximum atomic E-state index is 14.5. The molecule has 10 heteroatoms. The van der Waals surface area contributed by atoms with Crippen molar-refractivity contribution in [3.05, 3.63) is 71.7 Å². The Bertz CT molecular complexity index is 1360. The number of sulfonamides is 1. The fraction of sp³-hybridized carbons (Fsp3) is 0.240. The van der Waals surface area contributed by atoms with E-state index in [4.69, 9.17) is 4.74 Å². The van der Waals surface area contributed by atoms with Crippen molar-refractivity contribution in [3.8, 4) is 17.0 Å². The van der Waals surface area contributed by atoms with Gasteiger partial charge >= 0.3 is 0 Å². The molecule has 0 bridgehead atoms. The van der Waals surface area contributed by atoms with Gasteiger partial charge in [0.05, 0.1) is 18.4 Å². The van der Waals surface area contributed by atoms with E-state index in [2.05, 4.69) is 15.0 Å². The van der Waals surface area contributed by atoms with E-state index in [0.717, 1.165) is 0 Å². The molecule has 3 rings (SSSR count). The van der Waals surface area contributed by atoms with Gasteiger partial charge in [-0.15, -0.1) is 0 Å². The Morgan fingerprint density at radius 1 is 1.09 bits per heavy atom. The Labute approximate surface area is 203 Å². The topological polar surface area (TPSA) is 114 Å². The van der Waals surface area contributed by atoms with E-state index in [-0.39, 0.29) is 23.1 Å². The number of benzene rings is 2. The number of halogens is 1. The summed E-state index contributed by atoms with van der Waals surface area (Å²) in [5, 5.41) is 2.54. The van der Waals surface area contributed by atoms with Crippen molar-refractivity contribution in [1.82, 2.24) is 9.71 Å². The van der Waals surface area contributed by atoms with Crippen LogP contribution in [0.1, 0.15) is 37.8 Å². The van der Waals surface area contributed by atoms with Gasteiger partial charge < -0.3 is 10.1 Å². The molecule has 0 unspecified atom stereocenters. The molecule has 35 heavy (non-hydrogen) atoms. The molecule has 0 atom stereocenters. The van der Waals surface area contributed by atoms with Crippen molar-refractivity contribution in [1.29, 1.82) is 0 Å². The van der Waals surface area contributed by atoms with Crippen molar-refractivity contribution in [2.24, 2.45) is 0 Å². The second-order valence-electron chi connectivity index (χ2n) is 8.17. The first kappa shape index (κ1) is 25.8. The molecule has 2 aromatic carbocycles. The molecule has 3 aromatic rings. The van der Waals surface area contributed by atoms with Crippen LogP contribution in [0.3, 0.4) is 0 Å². The molecular weight excluding hydrogens is 473 g/mol. The highest BCUT2D eigenvalue weighted by Gasteiger charge is 2.22. The number of methoxy groups -OCH3 is 1. The summed E-state index contributed by atoms with van der Waals surface area (Å²) in [6.07, 6.45) is 1.21. The van der Waals surface area contributed by atoms with E-state index in [9.17, 15) is 22.4 Å². The molecule has 0 radical (unpaired) electrons. The highest BCUT2D eigenvalue weighted by Crippen LogP contribution is 2.33. The predicted molar refractivity (Wildman–Crippen MR) is 130 cm³/mol. The Kier molecular flexibility index (Phi) is 7.85. The zero-order valence-electron chi connectivity index (χ0n) is 19.8. The number of hydrogen-bond donors (Lipinski definition) is 2. The van der Waals surface area contributed by atoms with E-state index in [1.54, 1.807) is 12.1 Å². The molecule has 2 amide bonds. The number of hydrogen-bond acceptors (Lipinski definition) is 6. The van der Waals surface area contributed by atoms with Gasteiger partial charge in [-0.2, -0.15) is 0 Å². The summed E-state index contributed by atoms with van der Waals surface area (Å²) < 4.78 is 47.3. The third-order valence-corrected chi connectivity index (χ3v) is 6.59. The average molecular weight is 500 g/mol. The molecule has 2 N–H and O–H groups in total. The van der Waals surface area contributed by atoms with Crippen molar-refractivity contribution >= 4 is 27.5 Å². The van der Waals surface area contributed by atoms with Crippen LogP contribution in [-0.2, 0) is 26.0 Å². The number of nitrogens with one attached hydrogen (secondary N) is 2. The highest BCUT2D eigenvalue weighted by atomic mass is 32.2. The Balaban J connectivity index is 1.93. The third-order valence-electron chi connectivity index (χ3n) is 5.20. The van der Waals surface area contributed by atoms with Gasteiger partial charge in [0, 0.05) is 24.9 Å². The molecule has 0 aliphatic carbocycles. The van der Waals surface area contributed by atoms with Crippen molar-refractivity contribution in [2.45, 2.75) is 38.0 Å². The number of anilines is 1. The van der Waals surface area contributed by atoms with E-state index < -0.39 is 21.7 Å². The zero-order valence-corrected chi connectivity index (χ0v) is 20.6. The predicted octanol–water partition coefficient (Wildman–Crippen LogP) is 4.03. The first-order chi connectivity index (χ1) is 16.5. The SMILES string of the molecule is COc1cc(-c2cc(F)cc(C(C)C)c2CC(=O)NS(=O)(=O)c2ccc(NC(C)=O)cc2)ccn1. The lowest BCUT2D eigenvalue weighted by Crippen LogP contribution is -2.32. The standard InChI is InChI=1S/C25H26FN3O5S/c1-15(2)21-12-18(26)13-22(17-9-10-27-25(11-17)34-4)23(21)14-24(31)29-35(32,33)20-7-5-19(6-8-20)28-16(3)30/h5-13,15H,14H2,1-4H3,(H,28,30)(H,29,31). The largest absolute Gasteiger partial charge is 0.481 e. The molecule has 0 saturated heterocycles. The average Bonchev–Trinajstić information content (AvgIpc) is 2.79. The van der Waals surface area contributed by atoms with E-state index in [1.807, 2.05) is 13.8 Å². The molecule has 0 fully saturated rings. The minimum absolute atomic E-state index is 0.131. The summed E-state index contributed by atoms with van der Waals surface area (Å²) in [5.41, 5.74) is 2.54. The van der Waals surface area contributed by atoms with Gasteiger partial charge in [0.15, 0.2) is 0 Å². The molecule has 1 aromatic heterocycles. The zero-order chi connectivity index (χ0) is 25.8. The first-order valence-corrected chi connectivity index (χ1v) is 12.2. The van der Waals surface area contributed by atoms with Crippen LogP contribution in [0.25, 0.3) is 11.1 Å². The number of aromatic nitrogens is 1. The van der Waals surface area contributed by atoms with Crippen LogP contribution >= 0.6 is 0 Å². The Hall–Kier alpha value is -3.79. The van der Waals surface area contributed by atoms with Crippen LogP contribution in [0.2, 0.25) is 0 Å². The van der Waals surface area contributed by atoms with Crippen LogP contribution in [0.15, 0.2) is 59.6 Å². The van der Waals surface area contributed by atoms with Gasteiger partial charge in [0.2, 0.25) is 17.7 Å². The number of pyridine rings is 1. The van der Waals surface area contributed by atoms with Crippen molar-refractivity contribution in [3.63, 3.8) is 0 Å². The summed E-state index contributed by atoms with van der Waals surface area (Å²) in [6.45, 7) is 5.06. The highest BCUT2D eigenvalue weighted by molar-refractivity contribution is 7.90. The van der Waals surface area contributed by atoms with Gasteiger partial charge in [-0.3, -0.25) is 9.59 Å². The molecule has 1 heterocycles. The molecule has 0 aliphatic rings. The van der Waals surface area contributed by atoms with Crippen molar-refractivity contribution in [2.75, 3.05) is 12.4 Å². The summed E-state index contributed by atoms with van der Waals surface area (Å²) in [7, 11) is -2.71. The lowest BCUT2D eigenvalue weighted by molar-refractivity contribution is -0.118. The molecule has 0 saturated carbocycles. The summed E-state index contributed by atoms with van der Waals surface area (Å²) in [5.74, 6) is -1.36. The van der Waals surface area contributed by atoms with E-state index in [0.29, 0.717) is 33.8 Å². The second kappa shape index (κ2) is 10.6. The number of carbonyl (C=O) groups excluding carboxylic acids is 2. The smallest absolute Gasteiger partial charge is 0.264 e. The number of ether oxygens (including phenoxy) is 1. The maximum Gasteiger partial charge on any atom is 0.264 e. The van der Waals surface area contributed by atoms with Gasteiger partial charge in [-0.1, -0.05) is 13.8 Å². The van der Waals surface area contributed by atoms with Crippen LogP contribution in [0.4, 0.5) is 10.1 Å². The third kappa shape index (κ3) is 6.42. The molecular formula is C25H26FN3O5S. The quantitative estimate of drug-likeness (QED) is 0.484. The molecule has 184 valence electrons. The lowest BCUT2D eigenvalue weighted by atomic mass is 9.88. The van der Waals surface area contributed by atoms with Crippen LogP contribution < -0.4 is 14.8 Å².